The lowest BCUT2D eigenvalue weighted by molar-refractivity contribution is 0.312. The number of anilines is 3. The molecule has 0 radical (unpaired) electrons. The van der Waals surface area contributed by atoms with Crippen molar-refractivity contribution in [2.75, 3.05) is 24.3 Å². The van der Waals surface area contributed by atoms with Gasteiger partial charge >= 0.3 is 6.01 Å². The zero-order valence-corrected chi connectivity index (χ0v) is 11.3. The summed E-state index contributed by atoms with van der Waals surface area (Å²) in [5.74, 6) is 0.606. The molecule has 0 aliphatic carbocycles. The fourth-order valence-corrected chi connectivity index (χ4v) is 1.66. The molecular weight excluding hydrogens is 242 g/mol. The first-order valence-corrected chi connectivity index (χ1v) is 6.05. The minimum absolute atomic E-state index is 0.146. The van der Waals surface area contributed by atoms with Crippen molar-refractivity contribution >= 4 is 17.6 Å². The molecule has 19 heavy (non-hydrogen) atoms. The zero-order valence-electron chi connectivity index (χ0n) is 11.3. The van der Waals surface area contributed by atoms with Crippen LogP contribution in [0.1, 0.15) is 12.5 Å². The summed E-state index contributed by atoms with van der Waals surface area (Å²) in [6.45, 7) is 4.38. The van der Waals surface area contributed by atoms with Gasteiger partial charge in [0.1, 0.15) is 0 Å². The number of nitrogen functional groups attached to an aromatic ring is 1. The van der Waals surface area contributed by atoms with Gasteiger partial charge in [0.05, 0.1) is 6.61 Å². The van der Waals surface area contributed by atoms with Crippen LogP contribution in [0.25, 0.3) is 0 Å². The highest BCUT2D eigenvalue weighted by atomic mass is 16.5. The molecule has 2 rings (SSSR count). The third-order valence-electron chi connectivity index (χ3n) is 2.58. The average molecular weight is 259 g/mol. The van der Waals surface area contributed by atoms with Crippen LogP contribution in [-0.2, 0) is 0 Å². The highest BCUT2D eigenvalue weighted by Crippen LogP contribution is 2.22. The number of ether oxygens (including phenoxy) is 1. The van der Waals surface area contributed by atoms with E-state index in [1.165, 1.54) is 0 Å². The van der Waals surface area contributed by atoms with E-state index in [4.69, 9.17) is 10.5 Å². The Kier molecular flexibility index (Phi) is 3.79. The molecule has 2 aromatic rings. The second-order valence-corrected chi connectivity index (χ2v) is 4.11. The summed E-state index contributed by atoms with van der Waals surface area (Å²) < 4.78 is 5.27. The van der Waals surface area contributed by atoms with Crippen molar-refractivity contribution in [1.82, 2.24) is 15.0 Å². The summed E-state index contributed by atoms with van der Waals surface area (Å²) in [6.07, 6.45) is 0. The predicted molar refractivity (Wildman–Crippen MR) is 74.7 cm³/mol. The standard InChI is InChI=1S/C13H17N5O/c1-4-19-13-16-11(14)15-12(17-13)18(3)10-7-5-6-9(2)8-10/h5-8H,4H2,1-3H3,(H2,14,15,16,17). The van der Waals surface area contributed by atoms with Crippen molar-refractivity contribution in [3.8, 4) is 6.01 Å². The number of hydrogen-bond acceptors (Lipinski definition) is 6. The number of nitrogens with two attached hydrogens (primary N) is 1. The van der Waals surface area contributed by atoms with Gasteiger partial charge in [0, 0.05) is 12.7 Å². The molecule has 0 bridgehead atoms. The maximum atomic E-state index is 5.67. The summed E-state index contributed by atoms with van der Waals surface area (Å²) in [5.41, 5.74) is 7.81. The second-order valence-electron chi connectivity index (χ2n) is 4.11. The van der Waals surface area contributed by atoms with E-state index < -0.39 is 0 Å². The lowest BCUT2D eigenvalue weighted by atomic mass is 10.2. The van der Waals surface area contributed by atoms with Crippen molar-refractivity contribution in [2.45, 2.75) is 13.8 Å². The Morgan fingerprint density at radius 1 is 1.26 bits per heavy atom. The third-order valence-corrected chi connectivity index (χ3v) is 2.58. The minimum Gasteiger partial charge on any atom is -0.464 e. The molecular formula is C13H17N5O. The van der Waals surface area contributed by atoms with Crippen LogP contribution >= 0.6 is 0 Å². The Morgan fingerprint density at radius 2 is 2.05 bits per heavy atom. The molecule has 0 spiro atoms. The molecule has 100 valence electrons. The monoisotopic (exact) mass is 259 g/mol. The van der Waals surface area contributed by atoms with E-state index in [2.05, 4.69) is 15.0 Å². The van der Waals surface area contributed by atoms with Crippen LogP contribution in [-0.4, -0.2) is 28.6 Å². The number of rotatable bonds is 4. The first kappa shape index (κ1) is 13.1. The Hall–Kier alpha value is -2.37. The first-order chi connectivity index (χ1) is 9.10. The summed E-state index contributed by atoms with van der Waals surface area (Å²) in [4.78, 5) is 14.1. The van der Waals surface area contributed by atoms with E-state index in [9.17, 15) is 0 Å². The van der Waals surface area contributed by atoms with Crippen molar-refractivity contribution < 1.29 is 4.74 Å². The normalized spacial score (nSPS) is 10.3. The van der Waals surface area contributed by atoms with Gasteiger partial charge in [-0.15, -0.1) is 0 Å². The predicted octanol–water partition coefficient (Wildman–Crippen LogP) is 1.93. The molecule has 0 amide bonds. The van der Waals surface area contributed by atoms with E-state index in [-0.39, 0.29) is 12.0 Å². The third kappa shape index (κ3) is 3.09. The van der Waals surface area contributed by atoms with Crippen molar-refractivity contribution in [2.24, 2.45) is 0 Å². The number of benzene rings is 1. The first-order valence-electron chi connectivity index (χ1n) is 6.05. The summed E-state index contributed by atoms with van der Waals surface area (Å²) in [6, 6.07) is 8.28. The van der Waals surface area contributed by atoms with Gasteiger partial charge < -0.3 is 15.4 Å². The highest BCUT2D eigenvalue weighted by Gasteiger charge is 2.11. The lowest BCUT2D eigenvalue weighted by Crippen LogP contribution is -2.15. The molecule has 1 aromatic carbocycles. The van der Waals surface area contributed by atoms with Crippen molar-refractivity contribution in [3.63, 3.8) is 0 Å². The quantitative estimate of drug-likeness (QED) is 0.904. The van der Waals surface area contributed by atoms with Crippen LogP contribution in [0.5, 0.6) is 6.01 Å². The summed E-state index contributed by atoms with van der Waals surface area (Å²) >= 11 is 0. The molecule has 0 unspecified atom stereocenters. The van der Waals surface area contributed by atoms with Crippen LogP contribution in [0.2, 0.25) is 0 Å². The Bertz CT molecular complexity index is 573. The van der Waals surface area contributed by atoms with Crippen molar-refractivity contribution in [1.29, 1.82) is 0 Å². The maximum Gasteiger partial charge on any atom is 0.323 e. The topological polar surface area (TPSA) is 77.2 Å². The Balaban J connectivity index is 2.35. The van der Waals surface area contributed by atoms with E-state index in [1.807, 2.05) is 50.1 Å². The fraction of sp³-hybridized carbons (Fsp3) is 0.308. The van der Waals surface area contributed by atoms with Crippen LogP contribution in [0.3, 0.4) is 0 Å². The second kappa shape index (κ2) is 5.51. The molecule has 0 fully saturated rings. The van der Waals surface area contributed by atoms with Crippen LogP contribution < -0.4 is 15.4 Å². The Morgan fingerprint density at radius 3 is 2.74 bits per heavy atom. The zero-order chi connectivity index (χ0) is 13.8. The molecule has 6 heteroatoms. The van der Waals surface area contributed by atoms with Gasteiger partial charge in [-0.3, -0.25) is 0 Å². The van der Waals surface area contributed by atoms with Crippen LogP contribution in [0.4, 0.5) is 17.6 Å². The van der Waals surface area contributed by atoms with Gasteiger partial charge in [-0.2, -0.15) is 15.0 Å². The fourth-order valence-electron chi connectivity index (χ4n) is 1.66. The molecule has 0 saturated heterocycles. The molecule has 6 nitrogen and oxygen atoms in total. The number of aryl methyl sites for hydroxylation is 1. The number of aromatic nitrogens is 3. The maximum absolute atomic E-state index is 5.67. The molecule has 2 N–H and O–H groups in total. The molecule has 0 atom stereocenters. The average Bonchev–Trinajstić information content (AvgIpc) is 2.37. The lowest BCUT2D eigenvalue weighted by Gasteiger charge is -2.18. The number of hydrogen-bond donors (Lipinski definition) is 1. The molecule has 0 aliphatic rings. The van der Waals surface area contributed by atoms with E-state index in [0.717, 1.165) is 11.3 Å². The van der Waals surface area contributed by atoms with E-state index in [1.54, 1.807) is 0 Å². The van der Waals surface area contributed by atoms with Crippen molar-refractivity contribution in [3.05, 3.63) is 29.8 Å². The van der Waals surface area contributed by atoms with Gasteiger partial charge in [-0.05, 0) is 31.5 Å². The number of nitrogens with zero attached hydrogens (tertiary/aromatic N) is 4. The molecule has 1 heterocycles. The van der Waals surface area contributed by atoms with Gasteiger partial charge in [0.25, 0.3) is 0 Å². The Labute approximate surface area is 112 Å². The smallest absolute Gasteiger partial charge is 0.323 e. The minimum atomic E-state index is 0.146. The molecule has 0 aliphatic heterocycles. The highest BCUT2D eigenvalue weighted by molar-refractivity contribution is 5.57. The van der Waals surface area contributed by atoms with Gasteiger partial charge in [0.2, 0.25) is 11.9 Å². The summed E-state index contributed by atoms with van der Waals surface area (Å²) in [5, 5.41) is 0. The van der Waals surface area contributed by atoms with Crippen LogP contribution in [0.15, 0.2) is 24.3 Å². The van der Waals surface area contributed by atoms with Gasteiger partial charge in [-0.1, -0.05) is 12.1 Å². The van der Waals surface area contributed by atoms with Gasteiger partial charge in [0.15, 0.2) is 0 Å². The largest absolute Gasteiger partial charge is 0.464 e. The molecule has 0 saturated carbocycles. The van der Waals surface area contributed by atoms with Crippen LogP contribution in [0, 0.1) is 6.92 Å². The van der Waals surface area contributed by atoms with E-state index in [0.29, 0.717) is 12.6 Å². The summed E-state index contributed by atoms with van der Waals surface area (Å²) in [7, 11) is 1.87. The van der Waals surface area contributed by atoms with Gasteiger partial charge in [-0.25, -0.2) is 0 Å². The SMILES string of the molecule is CCOc1nc(N)nc(N(C)c2cccc(C)c2)n1. The molecule has 1 aromatic heterocycles. The van der Waals surface area contributed by atoms with E-state index >= 15 is 0 Å².